The molecule has 2 aromatic rings. The Labute approximate surface area is 206 Å². The maximum absolute atomic E-state index is 13.8. The molecular formula is C28H32N2O5. The number of ether oxygens (including phenoxy) is 3. The van der Waals surface area contributed by atoms with Gasteiger partial charge in [-0.05, 0) is 37.0 Å². The zero-order valence-corrected chi connectivity index (χ0v) is 21.1. The lowest BCUT2D eigenvalue weighted by atomic mass is 9.68. The van der Waals surface area contributed by atoms with Crippen LogP contribution in [0.2, 0.25) is 0 Å². The standard InChI is InChI=1S/C28H32N2O5/c1-16-23(27(32)30-18-11-7-8-12-21(18)33-4)24(17-10-9-13-22(34-5)26(17)35-6)25-19(29-16)14-28(2,3)15-20(25)31/h7-13,24,29H,14-15H2,1-6H3,(H,30,32). The Morgan fingerprint density at radius 2 is 1.66 bits per heavy atom. The summed E-state index contributed by atoms with van der Waals surface area (Å²) in [5, 5.41) is 6.38. The molecule has 2 aromatic carbocycles. The summed E-state index contributed by atoms with van der Waals surface area (Å²) < 4.78 is 16.7. The molecule has 2 N–H and O–H groups in total. The van der Waals surface area contributed by atoms with Gasteiger partial charge in [-0.1, -0.05) is 38.1 Å². The second-order valence-electron chi connectivity index (χ2n) is 9.67. The van der Waals surface area contributed by atoms with E-state index in [2.05, 4.69) is 24.5 Å². The van der Waals surface area contributed by atoms with Gasteiger partial charge in [0.25, 0.3) is 5.91 Å². The Kier molecular flexibility index (Phi) is 6.61. The Morgan fingerprint density at radius 1 is 0.971 bits per heavy atom. The highest BCUT2D eigenvalue weighted by molar-refractivity contribution is 6.10. The third-order valence-corrected chi connectivity index (χ3v) is 6.58. The van der Waals surface area contributed by atoms with Crippen molar-refractivity contribution < 1.29 is 23.8 Å². The highest BCUT2D eigenvalue weighted by atomic mass is 16.5. The van der Waals surface area contributed by atoms with E-state index in [1.54, 1.807) is 39.5 Å². The summed E-state index contributed by atoms with van der Waals surface area (Å²) in [6.07, 6.45) is 1.10. The molecule has 0 saturated heterocycles. The second-order valence-corrected chi connectivity index (χ2v) is 9.67. The molecule has 4 rings (SSSR count). The smallest absolute Gasteiger partial charge is 0.254 e. The number of nitrogens with one attached hydrogen (secondary N) is 2. The normalized spacial score (nSPS) is 19.0. The molecule has 1 atom stereocenters. The number of methoxy groups -OCH3 is 3. The van der Waals surface area contributed by atoms with Gasteiger partial charge in [-0.25, -0.2) is 0 Å². The maximum Gasteiger partial charge on any atom is 0.254 e. The van der Waals surface area contributed by atoms with Crippen molar-refractivity contribution in [2.75, 3.05) is 26.6 Å². The summed E-state index contributed by atoms with van der Waals surface area (Å²) in [4.78, 5) is 27.4. The van der Waals surface area contributed by atoms with Gasteiger partial charge in [0, 0.05) is 34.5 Å². The monoisotopic (exact) mass is 476 g/mol. The number of allylic oxidation sites excluding steroid dienone is 3. The summed E-state index contributed by atoms with van der Waals surface area (Å²) in [5.41, 5.74) is 3.68. The van der Waals surface area contributed by atoms with Gasteiger partial charge in [0.05, 0.1) is 32.9 Å². The maximum atomic E-state index is 13.8. The van der Waals surface area contributed by atoms with Crippen molar-refractivity contribution in [1.29, 1.82) is 0 Å². The summed E-state index contributed by atoms with van der Waals surface area (Å²) in [5.74, 6) is 0.675. The minimum absolute atomic E-state index is 0.0220. The molecule has 0 bridgehead atoms. The average molecular weight is 477 g/mol. The first-order valence-corrected chi connectivity index (χ1v) is 11.6. The quantitative estimate of drug-likeness (QED) is 0.613. The lowest BCUT2D eigenvalue weighted by molar-refractivity contribution is -0.118. The van der Waals surface area contributed by atoms with Gasteiger partial charge in [-0.2, -0.15) is 0 Å². The number of benzene rings is 2. The van der Waals surface area contributed by atoms with Gasteiger partial charge in [-0.3, -0.25) is 9.59 Å². The summed E-state index contributed by atoms with van der Waals surface area (Å²) >= 11 is 0. The molecule has 0 saturated carbocycles. The lowest BCUT2D eigenvalue weighted by Crippen LogP contribution is -2.39. The Balaban J connectivity index is 1.89. The third-order valence-electron chi connectivity index (χ3n) is 6.58. The van der Waals surface area contributed by atoms with Gasteiger partial charge in [0.2, 0.25) is 0 Å². The summed E-state index contributed by atoms with van der Waals surface area (Å²) in [6, 6.07) is 12.8. The fraction of sp³-hybridized carbons (Fsp3) is 0.357. The van der Waals surface area contributed by atoms with Gasteiger partial charge in [-0.15, -0.1) is 0 Å². The molecule has 0 aromatic heterocycles. The Hall–Kier alpha value is -3.74. The predicted molar refractivity (Wildman–Crippen MR) is 135 cm³/mol. The first-order chi connectivity index (χ1) is 16.7. The highest BCUT2D eigenvalue weighted by Gasteiger charge is 2.44. The number of rotatable bonds is 6. The topological polar surface area (TPSA) is 85.9 Å². The van der Waals surface area contributed by atoms with Crippen molar-refractivity contribution in [2.24, 2.45) is 5.41 Å². The molecule has 1 amide bonds. The van der Waals surface area contributed by atoms with Crippen molar-refractivity contribution in [1.82, 2.24) is 5.32 Å². The van der Waals surface area contributed by atoms with Crippen molar-refractivity contribution >= 4 is 17.4 Å². The third kappa shape index (κ3) is 4.50. The number of hydrogen-bond acceptors (Lipinski definition) is 6. The number of hydrogen-bond donors (Lipinski definition) is 2. The van der Waals surface area contributed by atoms with E-state index >= 15 is 0 Å². The van der Waals surface area contributed by atoms with Crippen LogP contribution < -0.4 is 24.8 Å². The van der Waals surface area contributed by atoms with Crippen LogP contribution >= 0.6 is 0 Å². The van der Waals surface area contributed by atoms with E-state index < -0.39 is 5.92 Å². The van der Waals surface area contributed by atoms with Crippen LogP contribution in [0.1, 0.15) is 45.1 Å². The van der Waals surface area contributed by atoms with Gasteiger partial charge < -0.3 is 24.8 Å². The average Bonchev–Trinajstić information content (AvgIpc) is 2.81. The van der Waals surface area contributed by atoms with E-state index in [9.17, 15) is 9.59 Å². The van der Waals surface area contributed by atoms with E-state index in [1.807, 2.05) is 31.2 Å². The number of amides is 1. The van der Waals surface area contributed by atoms with Crippen LogP contribution in [0, 0.1) is 5.41 Å². The summed E-state index contributed by atoms with van der Waals surface area (Å²) in [7, 11) is 4.69. The van der Waals surface area contributed by atoms with Crippen molar-refractivity contribution in [3.8, 4) is 17.2 Å². The van der Waals surface area contributed by atoms with Crippen LogP contribution in [0.15, 0.2) is 65.0 Å². The van der Waals surface area contributed by atoms with Crippen LogP contribution in [0.5, 0.6) is 17.2 Å². The van der Waals surface area contributed by atoms with E-state index in [0.717, 1.165) is 5.70 Å². The molecule has 1 unspecified atom stereocenters. The molecule has 35 heavy (non-hydrogen) atoms. The van der Waals surface area contributed by atoms with E-state index in [1.165, 1.54) is 0 Å². The molecule has 184 valence electrons. The fourth-order valence-corrected chi connectivity index (χ4v) is 5.12. The Bertz CT molecular complexity index is 1240. The summed E-state index contributed by atoms with van der Waals surface area (Å²) in [6.45, 7) is 6.04. The first kappa shape index (κ1) is 24.4. The second kappa shape index (κ2) is 9.49. The molecule has 1 aliphatic heterocycles. The SMILES string of the molecule is COc1ccccc1NC(=O)C1=C(C)NC2=C(C(=O)CC(C)(C)C2)C1c1cccc(OC)c1OC. The van der Waals surface area contributed by atoms with Crippen molar-refractivity contribution in [3.63, 3.8) is 0 Å². The Morgan fingerprint density at radius 3 is 2.34 bits per heavy atom. The number of para-hydroxylation sites is 3. The number of Topliss-reactive ketones (excluding diaryl/α,β-unsaturated/α-hetero) is 1. The van der Waals surface area contributed by atoms with Gasteiger partial charge in [0.15, 0.2) is 17.3 Å². The molecule has 1 heterocycles. The molecule has 7 nitrogen and oxygen atoms in total. The minimum Gasteiger partial charge on any atom is -0.495 e. The minimum atomic E-state index is -0.616. The number of anilines is 1. The van der Waals surface area contributed by atoms with E-state index in [-0.39, 0.29) is 17.1 Å². The van der Waals surface area contributed by atoms with Gasteiger partial charge in [0.1, 0.15) is 5.75 Å². The predicted octanol–water partition coefficient (Wildman–Crippen LogP) is 4.96. The van der Waals surface area contributed by atoms with Crippen molar-refractivity contribution in [2.45, 2.75) is 39.5 Å². The molecule has 1 aliphatic carbocycles. The number of ketones is 1. The van der Waals surface area contributed by atoms with Crippen LogP contribution in [0.4, 0.5) is 5.69 Å². The van der Waals surface area contributed by atoms with E-state index in [4.69, 9.17) is 14.2 Å². The molecular weight excluding hydrogens is 444 g/mol. The number of carbonyl (C=O) groups is 2. The molecule has 0 radical (unpaired) electrons. The number of dihydropyridines is 1. The molecule has 2 aliphatic rings. The van der Waals surface area contributed by atoms with Crippen LogP contribution in [0.25, 0.3) is 0 Å². The molecule has 0 fully saturated rings. The van der Waals surface area contributed by atoms with Gasteiger partial charge >= 0.3 is 0 Å². The van der Waals surface area contributed by atoms with Crippen LogP contribution in [-0.4, -0.2) is 33.0 Å². The lowest BCUT2D eigenvalue weighted by Gasteiger charge is -2.40. The zero-order chi connectivity index (χ0) is 25.3. The van der Waals surface area contributed by atoms with Crippen molar-refractivity contribution in [3.05, 3.63) is 70.6 Å². The van der Waals surface area contributed by atoms with Crippen LogP contribution in [-0.2, 0) is 9.59 Å². The highest BCUT2D eigenvalue weighted by Crippen LogP contribution is 2.50. The van der Waals surface area contributed by atoms with E-state index in [0.29, 0.717) is 58.2 Å². The largest absolute Gasteiger partial charge is 0.495 e. The fourth-order valence-electron chi connectivity index (χ4n) is 5.12. The number of carbonyl (C=O) groups excluding carboxylic acids is 2. The first-order valence-electron chi connectivity index (χ1n) is 11.6. The van der Waals surface area contributed by atoms with Crippen LogP contribution in [0.3, 0.4) is 0 Å². The molecule has 0 spiro atoms. The zero-order valence-electron chi connectivity index (χ0n) is 21.1. The molecule has 7 heteroatoms.